The Morgan fingerprint density at radius 2 is 2.10 bits per heavy atom. The first-order chi connectivity index (χ1) is 15.1. The number of benzene rings is 1. The second-order valence-corrected chi connectivity index (χ2v) is 8.92. The van der Waals surface area contributed by atoms with E-state index in [4.69, 9.17) is 21.1 Å². The van der Waals surface area contributed by atoms with E-state index >= 15 is 0 Å². The Bertz CT molecular complexity index is 1390. The molecule has 1 atom stereocenters. The van der Waals surface area contributed by atoms with Crippen LogP contribution in [-0.4, -0.2) is 33.4 Å². The molecule has 4 aromatic rings. The molecule has 1 amide bonds. The molecule has 2 aliphatic heterocycles. The van der Waals surface area contributed by atoms with Crippen molar-refractivity contribution in [2.45, 2.75) is 26.2 Å². The summed E-state index contributed by atoms with van der Waals surface area (Å²) in [5, 5.41) is 8.50. The van der Waals surface area contributed by atoms with E-state index in [1.807, 2.05) is 25.1 Å². The highest BCUT2D eigenvalue weighted by molar-refractivity contribution is 7.21. The highest BCUT2D eigenvalue weighted by Crippen LogP contribution is 2.41. The highest BCUT2D eigenvalue weighted by Gasteiger charge is 2.25. The molecular formula is C21H16ClN5O3S. The zero-order chi connectivity index (χ0) is 21.1. The number of amides is 1. The van der Waals surface area contributed by atoms with Gasteiger partial charge < -0.3 is 20.1 Å². The molecule has 6 rings (SSSR count). The Kier molecular flexibility index (Phi) is 4.24. The predicted octanol–water partition coefficient (Wildman–Crippen LogP) is 4.26. The average Bonchev–Trinajstić information content (AvgIpc) is 3.33. The SMILES string of the molecule is C[C@@H]1CNc2c(sc3ccc4nc(Oc5nc(Cl)nc6c5COC6)ccc4c23)C(=O)N1. The van der Waals surface area contributed by atoms with Crippen molar-refractivity contribution in [1.82, 2.24) is 20.3 Å². The molecular weight excluding hydrogens is 438 g/mol. The van der Waals surface area contributed by atoms with E-state index in [9.17, 15) is 4.79 Å². The Labute approximate surface area is 185 Å². The normalized spacial score (nSPS) is 17.7. The van der Waals surface area contributed by atoms with Crippen LogP contribution in [0.1, 0.15) is 27.9 Å². The summed E-state index contributed by atoms with van der Waals surface area (Å²) < 4.78 is 12.4. The summed E-state index contributed by atoms with van der Waals surface area (Å²) in [6.07, 6.45) is 0. The van der Waals surface area contributed by atoms with E-state index in [0.29, 0.717) is 36.4 Å². The van der Waals surface area contributed by atoms with Crippen molar-refractivity contribution < 1.29 is 14.3 Å². The molecule has 0 fully saturated rings. The van der Waals surface area contributed by atoms with E-state index in [2.05, 4.69) is 25.6 Å². The summed E-state index contributed by atoms with van der Waals surface area (Å²) >= 11 is 7.51. The average molecular weight is 454 g/mol. The van der Waals surface area contributed by atoms with Crippen LogP contribution in [0.5, 0.6) is 11.8 Å². The van der Waals surface area contributed by atoms with Crippen LogP contribution in [0.2, 0.25) is 5.28 Å². The third-order valence-corrected chi connectivity index (χ3v) is 6.70. The summed E-state index contributed by atoms with van der Waals surface area (Å²) in [4.78, 5) is 26.3. The summed E-state index contributed by atoms with van der Waals surface area (Å²) in [5.41, 5.74) is 3.14. The lowest BCUT2D eigenvalue weighted by atomic mass is 10.1. The summed E-state index contributed by atoms with van der Waals surface area (Å²) in [5.74, 6) is 0.708. The van der Waals surface area contributed by atoms with Gasteiger partial charge in [-0.15, -0.1) is 11.3 Å². The molecule has 2 N–H and O–H groups in total. The van der Waals surface area contributed by atoms with E-state index in [0.717, 1.165) is 37.9 Å². The van der Waals surface area contributed by atoms with E-state index < -0.39 is 0 Å². The van der Waals surface area contributed by atoms with Gasteiger partial charge in [0, 0.05) is 34.1 Å². The van der Waals surface area contributed by atoms with Gasteiger partial charge in [-0.1, -0.05) is 0 Å². The van der Waals surface area contributed by atoms with Crippen LogP contribution in [0.3, 0.4) is 0 Å². The fourth-order valence-corrected chi connectivity index (χ4v) is 5.22. The first kappa shape index (κ1) is 18.7. The van der Waals surface area contributed by atoms with Crippen molar-refractivity contribution in [3.05, 3.63) is 45.7 Å². The van der Waals surface area contributed by atoms with Gasteiger partial charge in [0.25, 0.3) is 5.91 Å². The van der Waals surface area contributed by atoms with Gasteiger partial charge in [0.2, 0.25) is 17.0 Å². The standard InChI is InChI=1S/C21H16ClN5O3S/c1-9-6-23-17-16-10-2-5-15(30-20-11-7-29-8-13(11)26-21(22)27-20)25-12(10)3-4-14(16)31-18(17)19(28)24-9/h2-5,9,23H,6-8H2,1H3,(H,24,28)/t9-/m1/s1. The van der Waals surface area contributed by atoms with Crippen LogP contribution in [0.4, 0.5) is 5.69 Å². The van der Waals surface area contributed by atoms with E-state index in [-0.39, 0.29) is 17.2 Å². The van der Waals surface area contributed by atoms with Crippen LogP contribution >= 0.6 is 22.9 Å². The number of carbonyl (C=O) groups is 1. The minimum atomic E-state index is -0.0496. The van der Waals surface area contributed by atoms with Crippen LogP contribution < -0.4 is 15.4 Å². The Morgan fingerprint density at radius 1 is 1.19 bits per heavy atom. The Hall–Kier alpha value is -3.01. The van der Waals surface area contributed by atoms with Gasteiger partial charge >= 0.3 is 0 Å². The van der Waals surface area contributed by atoms with Gasteiger partial charge in [-0.2, -0.15) is 4.98 Å². The lowest BCUT2D eigenvalue weighted by Crippen LogP contribution is -2.34. The topological polar surface area (TPSA) is 98.3 Å². The lowest BCUT2D eigenvalue weighted by Gasteiger charge is -2.11. The van der Waals surface area contributed by atoms with Gasteiger partial charge in [0.05, 0.1) is 35.7 Å². The van der Waals surface area contributed by atoms with E-state index in [1.165, 1.54) is 11.3 Å². The zero-order valence-electron chi connectivity index (χ0n) is 16.4. The van der Waals surface area contributed by atoms with Crippen molar-refractivity contribution in [3.63, 3.8) is 0 Å². The maximum absolute atomic E-state index is 12.6. The number of hydrogen-bond acceptors (Lipinski definition) is 8. The molecule has 0 aliphatic carbocycles. The number of halogens is 1. The maximum Gasteiger partial charge on any atom is 0.263 e. The predicted molar refractivity (Wildman–Crippen MR) is 118 cm³/mol. The van der Waals surface area contributed by atoms with Gasteiger partial charge in [-0.25, -0.2) is 9.97 Å². The lowest BCUT2D eigenvalue weighted by molar-refractivity contribution is 0.0949. The van der Waals surface area contributed by atoms with Crippen LogP contribution in [0.25, 0.3) is 21.0 Å². The number of nitrogens with one attached hydrogen (secondary N) is 2. The molecule has 31 heavy (non-hydrogen) atoms. The second kappa shape index (κ2) is 7.01. The molecule has 0 unspecified atom stereocenters. The number of nitrogens with zero attached hydrogens (tertiary/aromatic N) is 3. The highest BCUT2D eigenvalue weighted by atomic mass is 35.5. The fraction of sp³-hybridized carbons (Fsp3) is 0.238. The number of rotatable bonds is 2. The van der Waals surface area contributed by atoms with Crippen molar-refractivity contribution in [3.8, 4) is 11.8 Å². The maximum atomic E-state index is 12.6. The minimum absolute atomic E-state index is 0.0496. The Morgan fingerprint density at radius 3 is 3.00 bits per heavy atom. The number of anilines is 1. The van der Waals surface area contributed by atoms with Crippen LogP contribution in [0, 0.1) is 0 Å². The molecule has 156 valence electrons. The fourth-order valence-electron chi connectivity index (χ4n) is 3.94. The van der Waals surface area contributed by atoms with Gasteiger partial charge in [-0.3, -0.25) is 4.79 Å². The van der Waals surface area contributed by atoms with Crippen LogP contribution in [0.15, 0.2) is 24.3 Å². The number of hydrogen-bond donors (Lipinski definition) is 2. The molecule has 0 bridgehead atoms. The van der Waals surface area contributed by atoms with Gasteiger partial charge in [0.1, 0.15) is 4.88 Å². The first-order valence-electron chi connectivity index (χ1n) is 9.78. The van der Waals surface area contributed by atoms with Gasteiger partial charge in [-0.05, 0) is 36.7 Å². The minimum Gasteiger partial charge on any atom is -0.420 e. The second-order valence-electron chi connectivity index (χ2n) is 7.53. The molecule has 1 aromatic carbocycles. The quantitative estimate of drug-likeness (QED) is 0.437. The zero-order valence-corrected chi connectivity index (χ0v) is 17.9. The number of fused-ring (bicyclic) bond motifs is 6. The van der Waals surface area contributed by atoms with Crippen molar-refractivity contribution >= 4 is 55.5 Å². The number of thiophene rings is 1. The number of aromatic nitrogens is 3. The number of pyridine rings is 1. The largest absolute Gasteiger partial charge is 0.420 e. The molecule has 2 aliphatic rings. The number of carbonyl (C=O) groups excluding carboxylic acids is 1. The monoisotopic (exact) mass is 453 g/mol. The van der Waals surface area contributed by atoms with E-state index in [1.54, 1.807) is 6.07 Å². The first-order valence-corrected chi connectivity index (χ1v) is 11.0. The molecule has 0 radical (unpaired) electrons. The summed E-state index contributed by atoms with van der Waals surface area (Å²) in [6, 6.07) is 7.73. The molecule has 0 saturated heterocycles. The Balaban J connectivity index is 1.45. The molecule has 10 heteroatoms. The molecule has 0 saturated carbocycles. The molecule has 0 spiro atoms. The molecule has 3 aromatic heterocycles. The number of ether oxygens (including phenoxy) is 2. The third kappa shape index (κ3) is 3.08. The van der Waals surface area contributed by atoms with Crippen molar-refractivity contribution in [2.24, 2.45) is 0 Å². The molecule has 8 nitrogen and oxygen atoms in total. The van der Waals surface area contributed by atoms with Crippen molar-refractivity contribution in [2.75, 3.05) is 11.9 Å². The summed E-state index contributed by atoms with van der Waals surface area (Å²) in [6.45, 7) is 3.41. The summed E-state index contributed by atoms with van der Waals surface area (Å²) in [7, 11) is 0. The van der Waals surface area contributed by atoms with Crippen LogP contribution in [-0.2, 0) is 18.0 Å². The third-order valence-electron chi connectivity index (χ3n) is 5.38. The smallest absolute Gasteiger partial charge is 0.263 e. The molecule has 5 heterocycles. The van der Waals surface area contributed by atoms with Gasteiger partial charge in [0.15, 0.2) is 0 Å². The van der Waals surface area contributed by atoms with Crippen molar-refractivity contribution in [1.29, 1.82) is 0 Å².